The van der Waals surface area contributed by atoms with Crippen molar-refractivity contribution >= 4 is 11.7 Å². The van der Waals surface area contributed by atoms with Crippen molar-refractivity contribution in [1.29, 1.82) is 0 Å². The Morgan fingerprint density at radius 2 is 1.37 bits per heavy atom. The number of nitrogens with zero attached hydrogens (tertiary/aromatic N) is 1. The first-order valence-corrected chi connectivity index (χ1v) is 12.3. The standard InChI is InChI=1S/C27H43NO2/c1-21(2)25(29)17-13-8-6-5-7-9-14-18-26(30)28-19-24(20-28)27(22(3)4)23-15-11-10-12-16-23/h10-12,15-16,21-22,24,27H,5-9,13-14,17-20H2,1-4H3/t27-/m1/s1. The molecular formula is C27H43NO2. The van der Waals surface area contributed by atoms with Crippen LogP contribution in [-0.4, -0.2) is 29.7 Å². The lowest BCUT2D eigenvalue weighted by atomic mass is 9.74. The summed E-state index contributed by atoms with van der Waals surface area (Å²) >= 11 is 0. The predicted molar refractivity (Wildman–Crippen MR) is 125 cm³/mol. The molecule has 0 spiro atoms. The van der Waals surface area contributed by atoms with E-state index in [4.69, 9.17) is 0 Å². The van der Waals surface area contributed by atoms with Crippen molar-refractivity contribution in [3.8, 4) is 0 Å². The van der Waals surface area contributed by atoms with Gasteiger partial charge in [0.25, 0.3) is 0 Å². The zero-order valence-corrected chi connectivity index (χ0v) is 19.7. The molecule has 3 heteroatoms. The summed E-state index contributed by atoms with van der Waals surface area (Å²) in [6.07, 6.45) is 9.43. The molecule has 0 unspecified atom stereocenters. The molecule has 0 N–H and O–H groups in total. The molecular weight excluding hydrogens is 370 g/mol. The highest BCUT2D eigenvalue weighted by Gasteiger charge is 2.37. The van der Waals surface area contributed by atoms with Crippen LogP contribution in [0.15, 0.2) is 30.3 Å². The molecule has 30 heavy (non-hydrogen) atoms. The Kier molecular flexibility index (Phi) is 10.6. The van der Waals surface area contributed by atoms with Crippen LogP contribution in [0.2, 0.25) is 0 Å². The molecule has 1 amide bonds. The van der Waals surface area contributed by atoms with E-state index in [1.165, 1.54) is 24.8 Å². The van der Waals surface area contributed by atoms with E-state index in [1.807, 2.05) is 13.8 Å². The Labute approximate surface area is 184 Å². The van der Waals surface area contributed by atoms with Crippen molar-refractivity contribution in [3.63, 3.8) is 0 Å². The Bertz CT molecular complexity index is 632. The maximum absolute atomic E-state index is 12.5. The summed E-state index contributed by atoms with van der Waals surface area (Å²) in [5, 5.41) is 0. The number of amides is 1. The monoisotopic (exact) mass is 413 g/mol. The van der Waals surface area contributed by atoms with Crippen molar-refractivity contribution in [3.05, 3.63) is 35.9 Å². The summed E-state index contributed by atoms with van der Waals surface area (Å²) in [6, 6.07) is 10.8. The molecule has 0 aliphatic carbocycles. The maximum Gasteiger partial charge on any atom is 0.222 e. The molecule has 0 saturated carbocycles. The van der Waals surface area contributed by atoms with E-state index in [-0.39, 0.29) is 5.92 Å². The molecule has 1 saturated heterocycles. The van der Waals surface area contributed by atoms with Gasteiger partial charge in [0.05, 0.1) is 0 Å². The van der Waals surface area contributed by atoms with E-state index in [9.17, 15) is 9.59 Å². The topological polar surface area (TPSA) is 37.4 Å². The van der Waals surface area contributed by atoms with E-state index < -0.39 is 0 Å². The van der Waals surface area contributed by atoms with Gasteiger partial charge in [-0.3, -0.25) is 9.59 Å². The van der Waals surface area contributed by atoms with Crippen LogP contribution in [0.4, 0.5) is 0 Å². The second-order valence-electron chi connectivity index (χ2n) is 9.84. The lowest BCUT2D eigenvalue weighted by Gasteiger charge is -2.45. The second-order valence-corrected chi connectivity index (χ2v) is 9.84. The minimum Gasteiger partial charge on any atom is -0.342 e. The molecule has 1 aliphatic rings. The van der Waals surface area contributed by atoms with Crippen molar-refractivity contribution in [2.75, 3.05) is 13.1 Å². The lowest BCUT2D eigenvalue weighted by Crippen LogP contribution is -2.52. The van der Waals surface area contributed by atoms with Crippen molar-refractivity contribution in [1.82, 2.24) is 4.90 Å². The fraction of sp³-hybridized carbons (Fsp3) is 0.704. The first kappa shape index (κ1) is 24.6. The van der Waals surface area contributed by atoms with Crippen LogP contribution in [0.25, 0.3) is 0 Å². The van der Waals surface area contributed by atoms with Gasteiger partial charge >= 0.3 is 0 Å². The van der Waals surface area contributed by atoms with Crippen molar-refractivity contribution in [2.24, 2.45) is 17.8 Å². The maximum atomic E-state index is 12.5. The van der Waals surface area contributed by atoms with E-state index in [0.29, 0.717) is 35.9 Å². The smallest absolute Gasteiger partial charge is 0.222 e. The van der Waals surface area contributed by atoms with Crippen LogP contribution in [0, 0.1) is 17.8 Å². The predicted octanol–water partition coefficient (Wildman–Crippen LogP) is 6.62. The lowest BCUT2D eigenvalue weighted by molar-refractivity contribution is -0.138. The van der Waals surface area contributed by atoms with Gasteiger partial charge in [-0.05, 0) is 30.2 Å². The molecule has 1 atom stereocenters. The average Bonchev–Trinajstić information content (AvgIpc) is 2.68. The highest BCUT2D eigenvalue weighted by Crippen LogP contribution is 2.37. The largest absolute Gasteiger partial charge is 0.342 e. The van der Waals surface area contributed by atoms with Gasteiger partial charge in [0.2, 0.25) is 5.91 Å². The first-order valence-electron chi connectivity index (χ1n) is 12.3. The number of unbranched alkanes of at least 4 members (excludes halogenated alkanes) is 6. The Morgan fingerprint density at radius 3 is 1.90 bits per heavy atom. The molecule has 0 aromatic heterocycles. The molecule has 168 valence electrons. The van der Waals surface area contributed by atoms with Gasteiger partial charge < -0.3 is 4.90 Å². The van der Waals surface area contributed by atoms with E-state index in [2.05, 4.69) is 49.1 Å². The van der Waals surface area contributed by atoms with Crippen molar-refractivity contribution < 1.29 is 9.59 Å². The third-order valence-corrected chi connectivity index (χ3v) is 6.63. The van der Waals surface area contributed by atoms with Gasteiger partial charge in [-0.25, -0.2) is 0 Å². The van der Waals surface area contributed by atoms with Gasteiger partial charge in [0.1, 0.15) is 5.78 Å². The molecule has 3 nitrogen and oxygen atoms in total. The van der Waals surface area contributed by atoms with Gasteiger partial charge in [0, 0.05) is 37.8 Å². The number of benzene rings is 1. The number of hydrogen-bond donors (Lipinski definition) is 0. The van der Waals surface area contributed by atoms with Crippen LogP contribution in [0.3, 0.4) is 0 Å². The molecule has 2 rings (SSSR count). The van der Waals surface area contributed by atoms with E-state index in [0.717, 1.165) is 45.2 Å². The Morgan fingerprint density at radius 1 is 0.833 bits per heavy atom. The third kappa shape index (κ3) is 7.89. The summed E-state index contributed by atoms with van der Waals surface area (Å²) < 4.78 is 0. The molecule has 1 heterocycles. The summed E-state index contributed by atoms with van der Waals surface area (Å²) in [5.74, 6) is 2.65. The summed E-state index contributed by atoms with van der Waals surface area (Å²) in [7, 11) is 0. The zero-order chi connectivity index (χ0) is 21.9. The van der Waals surface area contributed by atoms with Crippen LogP contribution in [0.1, 0.15) is 97.0 Å². The highest BCUT2D eigenvalue weighted by molar-refractivity contribution is 5.80. The average molecular weight is 414 g/mol. The number of rotatable bonds is 14. The normalized spacial score (nSPS) is 15.5. The number of Topliss-reactive ketones (excluding diaryl/α,β-unsaturated/α-hetero) is 1. The van der Waals surface area contributed by atoms with Crippen LogP contribution >= 0.6 is 0 Å². The number of carbonyl (C=O) groups excluding carboxylic acids is 2. The molecule has 1 aliphatic heterocycles. The first-order chi connectivity index (χ1) is 14.4. The van der Waals surface area contributed by atoms with Crippen LogP contribution in [0.5, 0.6) is 0 Å². The quantitative estimate of drug-likeness (QED) is 0.321. The number of carbonyl (C=O) groups is 2. The second kappa shape index (κ2) is 12.9. The Balaban J connectivity index is 1.53. The van der Waals surface area contributed by atoms with Gasteiger partial charge in [-0.1, -0.05) is 90.1 Å². The summed E-state index contributed by atoms with van der Waals surface area (Å²) in [5.41, 5.74) is 1.41. The minimum atomic E-state index is 0.179. The molecule has 0 bridgehead atoms. The highest BCUT2D eigenvalue weighted by atomic mass is 16.2. The molecule has 1 aromatic carbocycles. The fourth-order valence-corrected chi connectivity index (χ4v) is 4.73. The van der Waals surface area contributed by atoms with Crippen LogP contribution < -0.4 is 0 Å². The van der Waals surface area contributed by atoms with E-state index >= 15 is 0 Å². The summed E-state index contributed by atoms with van der Waals surface area (Å²) in [4.78, 5) is 26.1. The Hall–Kier alpha value is -1.64. The molecule has 1 aromatic rings. The van der Waals surface area contributed by atoms with Gasteiger partial charge in [-0.2, -0.15) is 0 Å². The van der Waals surface area contributed by atoms with Crippen LogP contribution in [-0.2, 0) is 9.59 Å². The molecule has 1 fully saturated rings. The van der Waals surface area contributed by atoms with E-state index in [1.54, 1.807) is 0 Å². The summed E-state index contributed by atoms with van der Waals surface area (Å²) in [6.45, 7) is 10.4. The number of ketones is 1. The zero-order valence-electron chi connectivity index (χ0n) is 19.7. The SMILES string of the molecule is CC(C)C(=O)CCCCCCCCCC(=O)N1CC([C@@H](c2ccccc2)C(C)C)C1. The number of likely N-dealkylation sites (tertiary alicyclic amines) is 1. The number of hydrogen-bond acceptors (Lipinski definition) is 2. The third-order valence-electron chi connectivity index (χ3n) is 6.63. The van der Waals surface area contributed by atoms with Gasteiger partial charge in [-0.15, -0.1) is 0 Å². The van der Waals surface area contributed by atoms with Gasteiger partial charge in [0.15, 0.2) is 0 Å². The molecule has 0 radical (unpaired) electrons. The minimum absolute atomic E-state index is 0.179. The van der Waals surface area contributed by atoms with Crippen molar-refractivity contribution in [2.45, 2.75) is 91.4 Å². The fourth-order valence-electron chi connectivity index (χ4n) is 4.73.